The highest BCUT2D eigenvalue weighted by Gasteiger charge is 1.84. The minimum Gasteiger partial charge on any atom is -0.432 e. The summed E-state index contributed by atoms with van der Waals surface area (Å²) in [5.41, 5.74) is 1.22. The molecule has 0 aliphatic rings. The Morgan fingerprint density at radius 1 is 1.40 bits per heavy atom. The van der Waals surface area contributed by atoms with E-state index in [1.807, 2.05) is 0 Å². The molecule has 0 fully saturated rings. The molecule has 0 rings (SSSR count). The zero-order valence-electron chi connectivity index (χ0n) is 5.55. The summed E-state index contributed by atoms with van der Waals surface area (Å²) in [6, 6.07) is 0. The fraction of sp³-hybridized carbons (Fsp3) is 0. The Hall–Kier alpha value is -1.02. The molecule has 0 amide bonds. The first-order valence-corrected chi connectivity index (χ1v) is 2.81. The quantitative estimate of drug-likeness (QED) is 0.352. The molecule has 0 aliphatic heterocycles. The lowest BCUT2D eigenvalue weighted by atomic mass is 10.7. The van der Waals surface area contributed by atoms with Crippen molar-refractivity contribution < 1.29 is 9.53 Å². The lowest BCUT2D eigenvalue weighted by Gasteiger charge is -1.85. The van der Waals surface area contributed by atoms with Gasteiger partial charge >= 0.3 is 5.97 Å². The van der Waals surface area contributed by atoms with Crippen LogP contribution in [0.4, 0.5) is 0 Å². The van der Waals surface area contributed by atoms with Gasteiger partial charge in [0.15, 0.2) is 0 Å². The van der Waals surface area contributed by atoms with Gasteiger partial charge in [-0.3, -0.25) is 0 Å². The number of hydrogen-bond donors (Lipinski definition) is 0. The molecule has 0 aromatic carbocycles. The van der Waals surface area contributed by atoms with Crippen molar-refractivity contribution in [3.8, 4) is 0 Å². The zero-order chi connectivity index (χ0) is 8.41. The SMILES string of the molecule is C=CCl.C=COC(=O)C=C. The molecule has 0 bridgehead atoms. The van der Waals surface area contributed by atoms with E-state index in [2.05, 4.69) is 24.5 Å². The van der Waals surface area contributed by atoms with Crippen LogP contribution in [0.5, 0.6) is 0 Å². The predicted octanol–water partition coefficient (Wildman–Crippen LogP) is 2.23. The van der Waals surface area contributed by atoms with Crippen molar-refractivity contribution in [1.29, 1.82) is 0 Å². The summed E-state index contributed by atoms with van der Waals surface area (Å²) < 4.78 is 4.20. The van der Waals surface area contributed by atoms with Gasteiger partial charge in [-0.15, -0.1) is 0 Å². The van der Waals surface area contributed by atoms with Gasteiger partial charge in [0.1, 0.15) is 0 Å². The van der Waals surface area contributed by atoms with Gasteiger partial charge in [-0.25, -0.2) is 4.79 Å². The molecule has 2 nitrogen and oxygen atoms in total. The highest BCUT2D eigenvalue weighted by atomic mass is 35.5. The molecule has 0 aliphatic carbocycles. The summed E-state index contributed by atoms with van der Waals surface area (Å²) in [7, 11) is 0. The van der Waals surface area contributed by atoms with E-state index in [0.717, 1.165) is 12.3 Å². The summed E-state index contributed by atoms with van der Waals surface area (Å²) in [5, 5.41) is 0. The van der Waals surface area contributed by atoms with E-state index in [0.29, 0.717) is 0 Å². The monoisotopic (exact) mass is 160 g/mol. The van der Waals surface area contributed by atoms with E-state index in [-0.39, 0.29) is 0 Å². The fourth-order valence-corrected chi connectivity index (χ4v) is 0.130. The first-order valence-electron chi connectivity index (χ1n) is 2.38. The smallest absolute Gasteiger partial charge is 0.334 e. The summed E-state index contributed by atoms with van der Waals surface area (Å²) in [5.74, 6) is -0.477. The van der Waals surface area contributed by atoms with E-state index >= 15 is 0 Å². The number of ether oxygens (including phenoxy) is 1. The number of rotatable bonds is 2. The Labute approximate surface area is 65.4 Å². The second-order valence-corrected chi connectivity index (χ2v) is 1.27. The standard InChI is InChI=1S/C5H6O2.C2H3Cl/c1-3-5(6)7-4-2;1-2-3/h3-4H,1-2H2;2H,1H2. The van der Waals surface area contributed by atoms with Crippen LogP contribution in [0.2, 0.25) is 0 Å². The maximum absolute atomic E-state index is 10.0. The van der Waals surface area contributed by atoms with Gasteiger partial charge in [0.05, 0.1) is 6.26 Å². The molecule has 0 heterocycles. The third-order valence-electron chi connectivity index (χ3n) is 0.366. The number of carbonyl (C=O) groups is 1. The molecule has 3 heteroatoms. The van der Waals surface area contributed by atoms with Crippen molar-refractivity contribution in [3.63, 3.8) is 0 Å². The molecule has 0 radical (unpaired) electrons. The largest absolute Gasteiger partial charge is 0.432 e. The molecule has 0 saturated carbocycles. The van der Waals surface area contributed by atoms with Crippen LogP contribution in [0.15, 0.2) is 37.6 Å². The maximum atomic E-state index is 10.0. The molecular formula is C7H9ClO2. The summed E-state index contributed by atoms with van der Waals surface area (Å²) >= 11 is 4.76. The second kappa shape index (κ2) is 10.9. The molecule has 0 atom stereocenters. The summed E-state index contributed by atoms with van der Waals surface area (Å²) in [4.78, 5) is 10.0. The normalized spacial score (nSPS) is 6.10. The molecule has 0 aromatic rings. The Morgan fingerprint density at radius 3 is 1.90 bits per heavy atom. The van der Waals surface area contributed by atoms with Crippen LogP contribution in [-0.2, 0) is 9.53 Å². The van der Waals surface area contributed by atoms with Crippen LogP contribution in [-0.4, -0.2) is 5.97 Å². The second-order valence-electron chi connectivity index (χ2n) is 0.962. The van der Waals surface area contributed by atoms with E-state index in [1.165, 1.54) is 5.54 Å². The van der Waals surface area contributed by atoms with Crippen LogP contribution < -0.4 is 0 Å². The minimum atomic E-state index is -0.477. The molecule has 0 saturated heterocycles. The Bertz CT molecular complexity index is 130. The van der Waals surface area contributed by atoms with Gasteiger partial charge < -0.3 is 4.74 Å². The van der Waals surface area contributed by atoms with Crippen LogP contribution in [0, 0.1) is 0 Å². The third kappa shape index (κ3) is 15.8. The molecule has 0 unspecified atom stereocenters. The van der Waals surface area contributed by atoms with Gasteiger partial charge in [-0.05, 0) is 5.54 Å². The molecule has 0 aromatic heterocycles. The van der Waals surface area contributed by atoms with E-state index in [9.17, 15) is 4.79 Å². The number of carbonyl (C=O) groups excluding carboxylic acids is 1. The van der Waals surface area contributed by atoms with E-state index in [4.69, 9.17) is 11.6 Å². The van der Waals surface area contributed by atoms with Crippen molar-refractivity contribution in [2.45, 2.75) is 0 Å². The van der Waals surface area contributed by atoms with Gasteiger partial charge in [-0.2, -0.15) is 0 Å². The Morgan fingerprint density at radius 2 is 1.80 bits per heavy atom. The summed E-state index contributed by atoms with van der Waals surface area (Å²) in [6.07, 6.45) is 2.13. The molecule has 10 heavy (non-hydrogen) atoms. The van der Waals surface area contributed by atoms with E-state index in [1.54, 1.807) is 0 Å². The average Bonchev–Trinajstić information content (AvgIpc) is 1.90. The molecule has 0 N–H and O–H groups in total. The van der Waals surface area contributed by atoms with Gasteiger partial charge in [0.25, 0.3) is 0 Å². The molecule has 0 spiro atoms. The maximum Gasteiger partial charge on any atom is 0.334 e. The van der Waals surface area contributed by atoms with Crippen molar-refractivity contribution in [2.24, 2.45) is 0 Å². The van der Waals surface area contributed by atoms with Crippen LogP contribution in [0.25, 0.3) is 0 Å². The number of halogens is 1. The Balaban J connectivity index is 0. The highest BCUT2D eigenvalue weighted by Crippen LogP contribution is 1.75. The topological polar surface area (TPSA) is 26.3 Å². The molecular weight excluding hydrogens is 152 g/mol. The third-order valence-corrected chi connectivity index (χ3v) is 0.366. The van der Waals surface area contributed by atoms with Crippen LogP contribution in [0.1, 0.15) is 0 Å². The van der Waals surface area contributed by atoms with E-state index < -0.39 is 5.97 Å². The van der Waals surface area contributed by atoms with Crippen LogP contribution >= 0.6 is 11.6 Å². The van der Waals surface area contributed by atoms with Crippen LogP contribution in [0.3, 0.4) is 0 Å². The number of hydrogen-bond acceptors (Lipinski definition) is 2. The lowest BCUT2D eigenvalue weighted by Crippen LogP contribution is -1.90. The fourth-order valence-electron chi connectivity index (χ4n) is 0.130. The van der Waals surface area contributed by atoms with Crippen molar-refractivity contribution in [1.82, 2.24) is 0 Å². The van der Waals surface area contributed by atoms with Gasteiger partial charge in [0, 0.05) is 6.08 Å². The van der Waals surface area contributed by atoms with Crippen molar-refractivity contribution >= 4 is 17.6 Å². The highest BCUT2D eigenvalue weighted by molar-refractivity contribution is 6.25. The first-order chi connectivity index (χ1) is 4.72. The Kier molecular flexibility index (Phi) is 12.8. The average molecular weight is 161 g/mol. The zero-order valence-corrected chi connectivity index (χ0v) is 6.30. The van der Waals surface area contributed by atoms with Crippen molar-refractivity contribution in [2.75, 3.05) is 0 Å². The molecule has 56 valence electrons. The minimum absolute atomic E-state index is 0.477. The first kappa shape index (κ1) is 11.7. The summed E-state index contributed by atoms with van der Waals surface area (Å²) in [6.45, 7) is 9.44. The van der Waals surface area contributed by atoms with Gasteiger partial charge in [-0.1, -0.05) is 31.3 Å². The lowest BCUT2D eigenvalue weighted by molar-refractivity contribution is -0.132. The van der Waals surface area contributed by atoms with Gasteiger partial charge in [0.2, 0.25) is 0 Å². The van der Waals surface area contributed by atoms with Crippen molar-refractivity contribution in [3.05, 3.63) is 37.6 Å². The predicted molar refractivity (Wildman–Crippen MR) is 42.5 cm³/mol. The number of esters is 1.